The molecule has 0 aliphatic heterocycles. The van der Waals surface area contributed by atoms with E-state index in [9.17, 15) is 4.79 Å². The zero-order chi connectivity index (χ0) is 14.4. The van der Waals surface area contributed by atoms with E-state index in [0.717, 1.165) is 15.9 Å². The summed E-state index contributed by atoms with van der Waals surface area (Å²) in [5.74, 6) is 1.66. The Kier molecular flexibility index (Phi) is 5.83. The second-order valence-corrected chi connectivity index (χ2v) is 6.37. The lowest BCUT2D eigenvalue weighted by atomic mass is 10.0. The first-order valence-corrected chi connectivity index (χ1v) is 8.07. The minimum atomic E-state index is 0.180. The Balaban J connectivity index is 1.64. The van der Waals surface area contributed by atoms with Crippen molar-refractivity contribution >= 4 is 27.7 Å². The molecule has 1 saturated carbocycles. The topological polar surface area (TPSA) is 54.0 Å². The normalized spacial score (nSPS) is 15.3. The van der Waals surface area contributed by atoms with Gasteiger partial charge in [0.1, 0.15) is 5.82 Å². The fourth-order valence-corrected chi connectivity index (χ4v) is 3.10. The number of halogens is 1. The monoisotopic (exact) mass is 339 g/mol. The Morgan fingerprint density at radius 1 is 1.40 bits per heavy atom. The van der Waals surface area contributed by atoms with Crippen LogP contribution in [0.15, 0.2) is 16.7 Å². The van der Waals surface area contributed by atoms with E-state index in [1.165, 1.54) is 25.7 Å². The van der Waals surface area contributed by atoms with Gasteiger partial charge < -0.3 is 10.6 Å². The van der Waals surface area contributed by atoms with Gasteiger partial charge in [0, 0.05) is 30.2 Å². The third kappa shape index (κ3) is 4.78. The van der Waals surface area contributed by atoms with Crippen molar-refractivity contribution in [3.63, 3.8) is 0 Å². The van der Waals surface area contributed by atoms with Crippen LogP contribution >= 0.6 is 15.9 Å². The first-order chi connectivity index (χ1) is 9.65. The second-order valence-electron chi connectivity index (χ2n) is 5.45. The quantitative estimate of drug-likeness (QED) is 0.782. The van der Waals surface area contributed by atoms with Crippen LogP contribution in [-0.2, 0) is 4.79 Å². The van der Waals surface area contributed by atoms with Crippen LogP contribution in [0.3, 0.4) is 0 Å². The van der Waals surface area contributed by atoms with Crippen LogP contribution in [0.2, 0.25) is 0 Å². The summed E-state index contributed by atoms with van der Waals surface area (Å²) in [4.78, 5) is 16.1. The lowest BCUT2D eigenvalue weighted by molar-refractivity contribution is -0.121. The summed E-state index contributed by atoms with van der Waals surface area (Å²) in [5.41, 5.74) is 1.09. The minimum absolute atomic E-state index is 0.180. The SMILES string of the molecule is Cc1cc(Br)cnc1NCCNC(=O)CC1CCCC1. The van der Waals surface area contributed by atoms with E-state index in [1.807, 2.05) is 13.0 Å². The van der Waals surface area contributed by atoms with Crippen molar-refractivity contribution in [3.8, 4) is 0 Å². The van der Waals surface area contributed by atoms with E-state index in [1.54, 1.807) is 6.20 Å². The van der Waals surface area contributed by atoms with Gasteiger partial charge in [-0.1, -0.05) is 12.8 Å². The number of hydrogen-bond acceptors (Lipinski definition) is 3. The predicted molar refractivity (Wildman–Crippen MR) is 84.7 cm³/mol. The second kappa shape index (κ2) is 7.62. The van der Waals surface area contributed by atoms with Gasteiger partial charge in [0.2, 0.25) is 5.91 Å². The highest BCUT2D eigenvalue weighted by molar-refractivity contribution is 9.10. The molecule has 1 fully saturated rings. The Morgan fingerprint density at radius 3 is 2.85 bits per heavy atom. The molecule has 2 rings (SSSR count). The van der Waals surface area contributed by atoms with Gasteiger partial charge in [-0.15, -0.1) is 0 Å². The first kappa shape index (κ1) is 15.3. The lowest BCUT2D eigenvalue weighted by Crippen LogP contribution is -2.30. The number of carbonyl (C=O) groups excluding carboxylic acids is 1. The van der Waals surface area contributed by atoms with Gasteiger partial charge in [0.05, 0.1) is 0 Å². The Labute approximate surface area is 128 Å². The number of amides is 1. The lowest BCUT2D eigenvalue weighted by Gasteiger charge is -2.11. The maximum atomic E-state index is 11.8. The van der Waals surface area contributed by atoms with Crippen LogP contribution < -0.4 is 10.6 Å². The molecule has 0 aromatic carbocycles. The van der Waals surface area contributed by atoms with E-state index >= 15 is 0 Å². The number of anilines is 1. The standard InChI is InChI=1S/C15H22BrN3O/c1-11-8-13(16)10-19-15(11)18-7-6-17-14(20)9-12-4-2-3-5-12/h8,10,12H,2-7,9H2,1H3,(H,17,20)(H,18,19). The summed E-state index contributed by atoms with van der Waals surface area (Å²) in [5, 5.41) is 6.21. The highest BCUT2D eigenvalue weighted by Crippen LogP contribution is 2.27. The van der Waals surface area contributed by atoms with E-state index in [-0.39, 0.29) is 5.91 Å². The number of aryl methyl sites for hydroxylation is 1. The van der Waals surface area contributed by atoms with Crippen LogP contribution in [0.4, 0.5) is 5.82 Å². The van der Waals surface area contributed by atoms with Crippen molar-refractivity contribution < 1.29 is 4.79 Å². The Morgan fingerprint density at radius 2 is 2.15 bits per heavy atom. The highest BCUT2D eigenvalue weighted by Gasteiger charge is 2.17. The number of carbonyl (C=O) groups is 1. The van der Waals surface area contributed by atoms with Crippen molar-refractivity contribution in [2.75, 3.05) is 18.4 Å². The van der Waals surface area contributed by atoms with Gasteiger partial charge in [-0.3, -0.25) is 4.79 Å². The zero-order valence-corrected chi connectivity index (χ0v) is 13.5. The summed E-state index contributed by atoms with van der Waals surface area (Å²) in [6, 6.07) is 2.02. The Hall–Kier alpha value is -1.10. The smallest absolute Gasteiger partial charge is 0.220 e. The molecule has 0 spiro atoms. The zero-order valence-electron chi connectivity index (χ0n) is 11.9. The summed E-state index contributed by atoms with van der Waals surface area (Å²) in [7, 11) is 0. The average molecular weight is 340 g/mol. The molecule has 1 aliphatic rings. The first-order valence-electron chi connectivity index (χ1n) is 7.28. The molecule has 0 bridgehead atoms. The summed E-state index contributed by atoms with van der Waals surface area (Å²) in [6.07, 6.45) is 7.47. The van der Waals surface area contributed by atoms with Crippen LogP contribution in [0.5, 0.6) is 0 Å². The molecular formula is C15H22BrN3O. The number of rotatable bonds is 6. The molecule has 5 heteroatoms. The predicted octanol–water partition coefficient (Wildman–Crippen LogP) is 3.26. The highest BCUT2D eigenvalue weighted by atomic mass is 79.9. The molecule has 1 amide bonds. The number of nitrogens with zero attached hydrogens (tertiary/aromatic N) is 1. The van der Waals surface area contributed by atoms with Gasteiger partial charge in [0.15, 0.2) is 0 Å². The number of nitrogens with one attached hydrogen (secondary N) is 2. The summed E-state index contributed by atoms with van der Waals surface area (Å²) < 4.78 is 0.977. The molecular weight excluding hydrogens is 318 g/mol. The molecule has 0 radical (unpaired) electrons. The van der Waals surface area contributed by atoms with Crippen LogP contribution in [0, 0.1) is 12.8 Å². The number of pyridine rings is 1. The molecule has 1 heterocycles. The van der Waals surface area contributed by atoms with Gasteiger partial charge in [-0.05, 0) is 53.2 Å². The molecule has 0 saturated heterocycles. The Bertz CT molecular complexity index is 458. The van der Waals surface area contributed by atoms with Crippen molar-refractivity contribution in [1.29, 1.82) is 0 Å². The molecule has 1 aliphatic carbocycles. The maximum absolute atomic E-state index is 11.8. The van der Waals surface area contributed by atoms with Gasteiger partial charge in [-0.25, -0.2) is 4.98 Å². The van der Waals surface area contributed by atoms with Crippen molar-refractivity contribution in [2.24, 2.45) is 5.92 Å². The number of aromatic nitrogens is 1. The van der Waals surface area contributed by atoms with E-state index in [4.69, 9.17) is 0 Å². The molecule has 4 nitrogen and oxygen atoms in total. The van der Waals surface area contributed by atoms with Gasteiger partial charge in [0.25, 0.3) is 0 Å². The van der Waals surface area contributed by atoms with E-state index < -0.39 is 0 Å². The fourth-order valence-electron chi connectivity index (χ4n) is 2.66. The molecule has 2 N–H and O–H groups in total. The largest absolute Gasteiger partial charge is 0.368 e. The van der Waals surface area contributed by atoms with Crippen LogP contribution in [-0.4, -0.2) is 24.0 Å². The molecule has 1 aromatic rings. The number of hydrogen-bond donors (Lipinski definition) is 2. The van der Waals surface area contributed by atoms with E-state index in [2.05, 4.69) is 31.5 Å². The molecule has 20 heavy (non-hydrogen) atoms. The van der Waals surface area contributed by atoms with Crippen molar-refractivity contribution in [2.45, 2.75) is 39.0 Å². The van der Waals surface area contributed by atoms with Crippen molar-refractivity contribution in [3.05, 3.63) is 22.3 Å². The maximum Gasteiger partial charge on any atom is 0.220 e. The van der Waals surface area contributed by atoms with Gasteiger partial charge >= 0.3 is 0 Å². The van der Waals surface area contributed by atoms with Gasteiger partial charge in [-0.2, -0.15) is 0 Å². The third-order valence-electron chi connectivity index (χ3n) is 3.73. The average Bonchev–Trinajstić information content (AvgIpc) is 2.89. The fraction of sp³-hybridized carbons (Fsp3) is 0.600. The van der Waals surface area contributed by atoms with Crippen LogP contribution in [0.25, 0.3) is 0 Å². The van der Waals surface area contributed by atoms with Crippen LogP contribution in [0.1, 0.15) is 37.7 Å². The molecule has 1 aromatic heterocycles. The molecule has 0 unspecified atom stereocenters. The summed E-state index contributed by atoms with van der Waals surface area (Å²) in [6.45, 7) is 3.35. The summed E-state index contributed by atoms with van der Waals surface area (Å²) >= 11 is 3.39. The molecule has 0 atom stereocenters. The minimum Gasteiger partial charge on any atom is -0.368 e. The third-order valence-corrected chi connectivity index (χ3v) is 4.17. The van der Waals surface area contributed by atoms with E-state index in [0.29, 0.717) is 25.4 Å². The molecule has 110 valence electrons. The van der Waals surface area contributed by atoms with Crippen molar-refractivity contribution in [1.82, 2.24) is 10.3 Å².